The number of carbonyl (C=O) groups is 1. The predicted molar refractivity (Wildman–Crippen MR) is 53.6 cm³/mol. The molecule has 1 aromatic carbocycles. The maximum absolute atomic E-state index is 10.9. The fourth-order valence-electron chi connectivity index (χ4n) is 1.15. The van der Waals surface area contributed by atoms with Gasteiger partial charge in [0.2, 0.25) is 5.91 Å². The van der Waals surface area contributed by atoms with E-state index in [1.165, 1.54) is 0 Å². The second kappa shape index (κ2) is 5.43. The van der Waals surface area contributed by atoms with Crippen LogP contribution in [0, 0.1) is 11.3 Å². The Kier molecular flexibility index (Phi) is 3.90. The molecule has 0 aliphatic carbocycles. The Morgan fingerprint density at radius 3 is 3.07 bits per heavy atom. The molecule has 0 saturated heterocycles. The fourth-order valence-corrected chi connectivity index (χ4v) is 1.15. The van der Waals surface area contributed by atoms with Gasteiger partial charge in [-0.3, -0.25) is 4.79 Å². The number of nitrogens with zero attached hydrogens (tertiary/aromatic N) is 4. The molecule has 0 fully saturated rings. The first-order chi connectivity index (χ1) is 7.26. The van der Waals surface area contributed by atoms with E-state index in [0.29, 0.717) is 12.0 Å². The van der Waals surface area contributed by atoms with Crippen LogP contribution >= 0.6 is 0 Å². The van der Waals surface area contributed by atoms with Crippen molar-refractivity contribution in [2.45, 2.75) is 12.8 Å². The first kappa shape index (κ1) is 10.8. The van der Waals surface area contributed by atoms with E-state index in [-0.39, 0.29) is 6.42 Å². The standard InChI is InChI=1S/C10H8N4O/c11-7-9-3-1-2-8(6-9)4-5-10(15)13-14-12/h1-3,6H,4-5H2. The second-order valence-electron chi connectivity index (χ2n) is 2.90. The molecule has 1 aromatic rings. The van der Waals surface area contributed by atoms with E-state index in [1.807, 2.05) is 12.1 Å². The van der Waals surface area contributed by atoms with Crippen LogP contribution in [0.3, 0.4) is 0 Å². The molecule has 0 heterocycles. The fraction of sp³-hybridized carbons (Fsp3) is 0.200. The lowest BCUT2D eigenvalue weighted by molar-refractivity contribution is -0.117. The Balaban J connectivity index is 2.62. The maximum atomic E-state index is 10.9. The quantitative estimate of drug-likeness (QED) is 0.425. The van der Waals surface area contributed by atoms with Crippen molar-refractivity contribution in [2.24, 2.45) is 5.11 Å². The molecule has 1 amide bonds. The number of benzene rings is 1. The summed E-state index contributed by atoms with van der Waals surface area (Å²) in [7, 11) is 0. The molecule has 0 bridgehead atoms. The van der Waals surface area contributed by atoms with E-state index >= 15 is 0 Å². The summed E-state index contributed by atoms with van der Waals surface area (Å²) >= 11 is 0. The van der Waals surface area contributed by atoms with Gasteiger partial charge in [0.1, 0.15) is 0 Å². The lowest BCUT2D eigenvalue weighted by atomic mass is 10.1. The molecule has 0 aliphatic rings. The zero-order valence-corrected chi connectivity index (χ0v) is 7.92. The topological polar surface area (TPSA) is 89.6 Å². The summed E-state index contributed by atoms with van der Waals surface area (Å²) in [4.78, 5) is 13.3. The number of hydrogen-bond donors (Lipinski definition) is 0. The molecule has 0 saturated carbocycles. The zero-order valence-electron chi connectivity index (χ0n) is 7.92. The van der Waals surface area contributed by atoms with Crippen molar-refractivity contribution in [3.63, 3.8) is 0 Å². The van der Waals surface area contributed by atoms with Gasteiger partial charge in [0.25, 0.3) is 0 Å². The molecule has 15 heavy (non-hydrogen) atoms. The van der Waals surface area contributed by atoms with Gasteiger partial charge in [-0.25, -0.2) is 0 Å². The highest BCUT2D eigenvalue weighted by molar-refractivity contribution is 5.76. The van der Waals surface area contributed by atoms with Crippen molar-refractivity contribution in [3.8, 4) is 6.07 Å². The average Bonchev–Trinajstić information content (AvgIpc) is 2.27. The lowest BCUT2D eigenvalue weighted by Crippen LogP contribution is -1.95. The SMILES string of the molecule is N#Cc1cccc(CCC(=O)N=[N+]=[N-])c1. The summed E-state index contributed by atoms with van der Waals surface area (Å²) < 4.78 is 0. The number of carbonyl (C=O) groups excluding carboxylic acids is 1. The summed E-state index contributed by atoms with van der Waals surface area (Å²) in [5.41, 5.74) is 9.45. The van der Waals surface area contributed by atoms with Crippen LogP contribution in [-0.2, 0) is 11.2 Å². The molecule has 0 spiro atoms. The summed E-state index contributed by atoms with van der Waals surface area (Å²) in [5.74, 6) is -0.486. The molecule has 0 aromatic heterocycles. The first-order valence-electron chi connectivity index (χ1n) is 4.33. The highest BCUT2D eigenvalue weighted by atomic mass is 16.1. The van der Waals surface area contributed by atoms with Gasteiger partial charge in [-0.1, -0.05) is 12.1 Å². The van der Waals surface area contributed by atoms with Gasteiger partial charge in [0.05, 0.1) is 11.6 Å². The van der Waals surface area contributed by atoms with Gasteiger partial charge >= 0.3 is 0 Å². The van der Waals surface area contributed by atoms with Crippen LogP contribution in [-0.4, -0.2) is 5.91 Å². The maximum Gasteiger partial charge on any atom is 0.219 e. The van der Waals surface area contributed by atoms with Gasteiger partial charge in [-0.15, -0.1) is 0 Å². The largest absolute Gasteiger partial charge is 0.293 e. The third-order valence-corrected chi connectivity index (χ3v) is 1.84. The number of amides is 1. The van der Waals surface area contributed by atoms with Crippen molar-refractivity contribution in [1.29, 1.82) is 5.26 Å². The predicted octanol–water partition coefficient (Wildman–Crippen LogP) is 2.33. The number of azide groups is 1. The van der Waals surface area contributed by atoms with Gasteiger partial charge in [0, 0.05) is 11.3 Å². The first-order valence-corrected chi connectivity index (χ1v) is 4.33. The molecular weight excluding hydrogens is 192 g/mol. The molecule has 0 aliphatic heterocycles. The molecule has 5 nitrogen and oxygen atoms in total. The minimum atomic E-state index is -0.486. The van der Waals surface area contributed by atoms with Crippen molar-refractivity contribution < 1.29 is 4.79 Å². The average molecular weight is 200 g/mol. The number of rotatable bonds is 3. The van der Waals surface area contributed by atoms with E-state index in [1.54, 1.807) is 18.2 Å². The van der Waals surface area contributed by atoms with Crippen LogP contribution in [0.4, 0.5) is 0 Å². The Morgan fingerprint density at radius 2 is 2.40 bits per heavy atom. The minimum Gasteiger partial charge on any atom is -0.293 e. The van der Waals surface area contributed by atoms with Crippen molar-refractivity contribution >= 4 is 5.91 Å². The Labute approximate surface area is 86.6 Å². The minimum absolute atomic E-state index is 0.166. The van der Waals surface area contributed by atoms with E-state index in [0.717, 1.165) is 5.56 Å². The van der Waals surface area contributed by atoms with E-state index in [9.17, 15) is 4.79 Å². The third-order valence-electron chi connectivity index (χ3n) is 1.84. The van der Waals surface area contributed by atoms with Crippen LogP contribution in [0.15, 0.2) is 29.4 Å². The Morgan fingerprint density at radius 1 is 1.60 bits per heavy atom. The Bertz CT molecular complexity index is 455. The summed E-state index contributed by atoms with van der Waals surface area (Å²) in [5, 5.41) is 11.6. The zero-order chi connectivity index (χ0) is 11.1. The number of nitriles is 1. The van der Waals surface area contributed by atoms with E-state index in [2.05, 4.69) is 10.0 Å². The Hall–Kier alpha value is -2.31. The van der Waals surface area contributed by atoms with Crippen LogP contribution in [0.2, 0.25) is 0 Å². The van der Waals surface area contributed by atoms with Gasteiger partial charge < -0.3 is 0 Å². The lowest BCUT2D eigenvalue weighted by Gasteiger charge is -1.98. The van der Waals surface area contributed by atoms with E-state index in [4.69, 9.17) is 10.8 Å². The van der Waals surface area contributed by atoms with Crippen LogP contribution < -0.4 is 0 Å². The summed E-state index contributed by atoms with van der Waals surface area (Å²) in [6, 6.07) is 9.00. The van der Waals surface area contributed by atoms with Crippen molar-refractivity contribution in [2.75, 3.05) is 0 Å². The van der Waals surface area contributed by atoms with E-state index < -0.39 is 5.91 Å². The number of aryl methyl sites for hydroxylation is 1. The third kappa shape index (κ3) is 3.51. The molecule has 5 heteroatoms. The molecular formula is C10H8N4O. The molecule has 74 valence electrons. The van der Waals surface area contributed by atoms with Crippen LogP contribution in [0.5, 0.6) is 0 Å². The summed E-state index contributed by atoms with van der Waals surface area (Å²) in [6.45, 7) is 0. The van der Waals surface area contributed by atoms with Gasteiger partial charge in [-0.05, 0) is 34.8 Å². The summed E-state index contributed by atoms with van der Waals surface area (Å²) in [6.07, 6.45) is 0.645. The molecule has 0 unspecified atom stereocenters. The van der Waals surface area contributed by atoms with Crippen LogP contribution in [0.25, 0.3) is 10.4 Å². The second-order valence-corrected chi connectivity index (χ2v) is 2.90. The number of hydrogen-bond acceptors (Lipinski definition) is 2. The highest BCUT2D eigenvalue weighted by Crippen LogP contribution is 2.07. The molecule has 1 rings (SSSR count). The molecule has 0 atom stereocenters. The van der Waals surface area contributed by atoms with Gasteiger partial charge in [0.15, 0.2) is 0 Å². The van der Waals surface area contributed by atoms with Crippen LogP contribution in [0.1, 0.15) is 17.5 Å². The highest BCUT2D eigenvalue weighted by Gasteiger charge is 2.00. The molecule has 0 N–H and O–H groups in total. The monoisotopic (exact) mass is 200 g/mol. The smallest absolute Gasteiger partial charge is 0.219 e. The van der Waals surface area contributed by atoms with Crippen molar-refractivity contribution in [3.05, 3.63) is 45.8 Å². The molecule has 0 radical (unpaired) electrons. The van der Waals surface area contributed by atoms with Gasteiger partial charge in [-0.2, -0.15) is 5.26 Å². The van der Waals surface area contributed by atoms with Crippen molar-refractivity contribution in [1.82, 2.24) is 0 Å². The normalized spacial score (nSPS) is 8.73.